The van der Waals surface area contributed by atoms with Gasteiger partial charge in [0.15, 0.2) is 5.96 Å². The second kappa shape index (κ2) is 10.7. The van der Waals surface area contributed by atoms with Crippen molar-refractivity contribution in [2.24, 2.45) is 4.99 Å². The summed E-state index contributed by atoms with van der Waals surface area (Å²) in [6, 6.07) is 8.68. The van der Waals surface area contributed by atoms with Crippen LogP contribution in [-0.4, -0.2) is 60.7 Å². The van der Waals surface area contributed by atoms with Crippen molar-refractivity contribution in [2.45, 2.75) is 26.8 Å². The highest BCUT2D eigenvalue weighted by molar-refractivity contribution is 14.0. The lowest BCUT2D eigenvalue weighted by atomic mass is 10.1. The Labute approximate surface area is 179 Å². The first-order valence-corrected chi connectivity index (χ1v) is 9.28. The van der Waals surface area contributed by atoms with Crippen LogP contribution in [0.25, 0.3) is 0 Å². The van der Waals surface area contributed by atoms with Gasteiger partial charge in [0.2, 0.25) is 0 Å². The van der Waals surface area contributed by atoms with E-state index in [1.165, 1.54) is 16.7 Å². The van der Waals surface area contributed by atoms with Crippen LogP contribution >= 0.6 is 24.0 Å². The summed E-state index contributed by atoms with van der Waals surface area (Å²) in [5, 5.41) is 7.51. The predicted molar refractivity (Wildman–Crippen MR) is 120 cm³/mol. The molecule has 0 saturated carbocycles. The van der Waals surface area contributed by atoms with E-state index in [2.05, 4.69) is 57.3 Å². The number of guanidine groups is 1. The van der Waals surface area contributed by atoms with Crippen LogP contribution in [0.5, 0.6) is 0 Å². The van der Waals surface area contributed by atoms with E-state index in [1.807, 2.05) is 13.1 Å². The minimum Gasteiger partial charge on any atom is -0.364 e. The number of piperazine rings is 1. The monoisotopic (exact) mass is 483 g/mol. The molecule has 6 nitrogen and oxygen atoms in total. The van der Waals surface area contributed by atoms with Crippen LogP contribution in [0.3, 0.4) is 0 Å². The number of aryl methyl sites for hydroxylation is 2. The zero-order chi connectivity index (χ0) is 18.4. The molecule has 1 aromatic heterocycles. The number of hydrogen-bond acceptors (Lipinski definition) is 4. The molecule has 0 bridgehead atoms. The van der Waals surface area contributed by atoms with E-state index in [1.54, 1.807) is 6.26 Å². The molecule has 1 aromatic carbocycles. The largest absolute Gasteiger partial charge is 0.364 e. The maximum Gasteiger partial charge on any atom is 0.193 e. The first kappa shape index (κ1) is 21.7. The Kier molecular flexibility index (Phi) is 8.56. The van der Waals surface area contributed by atoms with Gasteiger partial charge in [-0.25, -0.2) is 0 Å². The SMILES string of the molecule is CN=C(NCCc1cc(C)cc(C)c1)N1CCN(Cc2ccon2)CC1.I. The van der Waals surface area contributed by atoms with Gasteiger partial charge in [-0.2, -0.15) is 0 Å². The van der Waals surface area contributed by atoms with Crippen LogP contribution in [0.1, 0.15) is 22.4 Å². The van der Waals surface area contributed by atoms with Crippen molar-refractivity contribution in [2.75, 3.05) is 39.8 Å². The van der Waals surface area contributed by atoms with Gasteiger partial charge in [-0.1, -0.05) is 34.5 Å². The maximum absolute atomic E-state index is 4.91. The molecular weight excluding hydrogens is 453 g/mol. The number of hydrogen-bond donors (Lipinski definition) is 1. The number of nitrogens with one attached hydrogen (secondary N) is 1. The maximum atomic E-state index is 4.91. The number of aliphatic imine (C=N–C) groups is 1. The lowest BCUT2D eigenvalue weighted by Crippen LogP contribution is -2.52. The Hall–Kier alpha value is -1.61. The Bertz CT molecular complexity index is 704. The molecule has 1 aliphatic heterocycles. The predicted octanol–water partition coefficient (Wildman–Crippen LogP) is 2.85. The highest BCUT2D eigenvalue weighted by Gasteiger charge is 2.20. The van der Waals surface area contributed by atoms with Gasteiger partial charge in [0.05, 0.1) is 5.69 Å². The second-order valence-corrected chi connectivity index (χ2v) is 6.97. The third-order valence-corrected chi connectivity index (χ3v) is 4.74. The fraction of sp³-hybridized carbons (Fsp3) is 0.500. The molecule has 1 fully saturated rings. The van der Waals surface area contributed by atoms with E-state index in [-0.39, 0.29) is 24.0 Å². The quantitative estimate of drug-likeness (QED) is 0.403. The molecule has 3 rings (SSSR count). The molecule has 0 unspecified atom stereocenters. The van der Waals surface area contributed by atoms with Crippen molar-refractivity contribution in [1.29, 1.82) is 0 Å². The van der Waals surface area contributed by atoms with Crippen molar-refractivity contribution in [3.05, 3.63) is 52.9 Å². The van der Waals surface area contributed by atoms with Gasteiger partial charge in [0, 0.05) is 52.4 Å². The van der Waals surface area contributed by atoms with E-state index >= 15 is 0 Å². The Morgan fingerprint density at radius 3 is 2.44 bits per heavy atom. The molecule has 27 heavy (non-hydrogen) atoms. The summed E-state index contributed by atoms with van der Waals surface area (Å²) in [6.45, 7) is 10.0. The Morgan fingerprint density at radius 1 is 1.15 bits per heavy atom. The van der Waals surface area contributed by atoms with Gasteiger partial charge in [-0.15, -0.1) is 24.0 Å². The number of nitrogens with zero attached hydrogens (tertiary/aromatic N) is 4. The summed E-state index contributed by atoms with van der Waals surface area (Å²) < 4.78 is 4.91. The van der Waals surface area contributed by atoms with Crippen LogP contribution in [0.4, 0.5) is 0 Å². The normalized spacial score (nSPS) is 15.5. The molecule has 148 valence electrons. The molecular formula is C20H30IN5O. The summed E-state index contributed by atoms with van der Waals surface area (Å²) >= 11 is 0. The molecule has 0 aliphatic carbocycles. The minimum atomic E-state index is 0. The van der Waals surface area contributed by atoms with Crippen molar-refractivity contribution in [3.8, 4) is 0 Å². The summed E-state index contributed by atoms with van der Waals surface area (Å²) in [7, 11) is 1.86. The van der Waals surface area contributed by atoms with Gasteiger partial charge >= 0.3 is 0 Å². The molecule has 2 heterocycles. The van der Waals surface area contributed by atoms with Gasteiger partial charge in [0.1, 0.15) is 6.26 Å². The van der Waals surface area contributed by atoms with E-state index in [4.69, 9.17) is 4.52 Å². The summed E-state index contributed by atoms with van der Waals surface area (Å²) in [4.78, 5) is 9.20. The van der Waals surface area contributed by atoms with Gasteiger partial charge in [-0.05, 0) is 25.8 Å². The summed E-state index contributed by atoms with van der Waals surface area (Å²) in [5.74, 6) is 0.996. The highest BCUT2D eigenvalue weighted by atomic mass is 127. The number of aromatic nitrogens is 1. The first-order valence-electron chi connectivity index (χ1n) is 9.28. The van der Waals surface area contributed by atoms with Crippen LogP contribution in [-0.2, 0) is 13.0 Å². The number of rotatable bonds is 5. The lowest BCUT2D eigenvalue weighted by Gasteiger charge is -2.36. The molecule has 1 aliphatic rings. The third kappa shape index (κ3) is 6.49. The number of halogens is 1. The average molecular weight is 483 g/mol. The lowest BCUT2D eigenvalue weighted by molar-refractivity contribution is 0.169. The van der Waals surface area contributed by atoms with Crippen molar-refractivity contribution in [3.63, 3.8) is 0 Å². The first-order chi connectivity index (χ1) is 12.6. The standard InChI is InChI=1S/C20H29N5O.HI/c1-16-12-17(2)14-18(13-16)4-6-22-20(21-3)25-9-7-24(8-10-25)15-19-5-11-26-23-19;/h5,11-14H,4,6-10,15H2,1-3H3,(H,21,22);1H. The van der Waals surface area contributed by atoms with E-state index < -0.39 is 0 Å². The smallest absolute Gasteiger partial charge is 0.193 e. The van der Waals surface area contributed by atoms with Gasteiger partial charge in [-0.3, -0.25) is 9.89 Å². The minimum absolute atomic E-state index is 0. The zero-order valence-corrected chi connectivity index (χ0v) is 18.8. The van der Waals surface area contributed by atoms with Crippen molar-refractivity contribution in [1.82, 2.24) is 20.3 Å². The summed E-state index contributed by atoms with van der Waals surface area (Å²) in [6.07, 6.45) is 2.64. The molecule has 0 spiro atoms. The molecule has 2 aromatic rings. The Morgan fingerprint density at radius 2 is 1.85 bits per heavy atom. The van der Waals surface area contributed by atoms with E-state index in [0.29, 0.717) is 0 Å². The van der Waals surface area contributed by atoms with Crippen LogP contribution in [0.2, 0.25) is 0 Å². The van der Waals surface area contributed by atoms with Crippen LogP contribution < -0.4 is 5.32 Å². The molecule has 0 amide bonds. The highest BCUT2D eigenvalue weighted by Crippen LogP contribution is 2.10. The van der Waals surface area contributed by atoms with Crippen molar-refractivity contribution < 1.29 is 4.52 Å². The van der Waals surface area contributed by atoms with Crippen molar-refractivity contribution >= 4 is 29.9 Å². The molecule has 7 heteroatoms. The molecule has 1 N–H and O–H groups in total. The number of benzene rings is 1. The average Bonchev–Trinajstić information content (AvgIpc) is 3.12. The topological polar surface area (TPSA) is 56.9 Å². The van der Waals surface area contributed by atoms with Gasteiger partial charge < -0.3 is 14.7 Å². The van der Waals surface area contributed by atoms with E-state index in [9.17, 15) is 0 Å². The molecule has 0 atom stereocenters. The Balaban J connectivity index is 0.00000261. The molecule has 0 radical (unpaired) electrons. The zero-order valence-electron chi connectivity index (χ0n) is 16.4. The summed E-state index contributed by atoms with van der Waals surface area (Å²) in [5.41, 5.74) is 5.03. The van der Waals surface area contributed by atoms with E-state index in [0.717, 1.165) is 57.3 Å². The second-order valence-electron chi connectivity index (χ2n) is 6.97. The van der Waals surface area contributed by atoms with Crippen LogP contribution in [0.15, 0.2) is 40.0 Å². The molecule has 1 saturated heterocycles. The van der Waals surface area contributed by atoms with Gasteiger partial charge in [0.25, 0.3) is 0 Å². The van der Waals surface area contributed by atoms with Crippen LogP contribution in [0, 0.1) is 13.8 Å². The third-order valence-electron chi connectivity index (χ3n) is 4.74. The fourth-order valence-corrected chi connectivity index (χ4v) is 3.53. The fourth-order valence-electron chi connectivity index (χ4n) is 3.53.